The molecule has 1 heterocycles. The molecule has 0 fully saturated rings. The monoisotopic (exact) mass is 381 g/mol. The second kappa shape index (κ2) is 8.55. The van der Waals surface area contributed by atoms with E-state index in [4.69, 9.17) is 0 Å². The number of benzene rings is 2. The van der Waals surface area contributed by atoms with Crippen LogP contribution in [0.2, 0.25) is 0 Å². The predicted molar refractivity (Wildman–Crippen MR) is 106 cm³/mol. The molecule has 0 saturated carbocycles. The molecule has 2 aromatic carbocycles. The molecule has 0 atom stereocenters. The second-order valence-electron chi connectivity index (χ2n) is 5.98. The number of nitrogens with one attached hydrogen (secondary N) is 2. The normalized spacial score (nSPS) is 10.6. The molecule has 3 N–H and O–H groups in total. The lowest BCUT2D eigenvalue weighted by atomic mass is 10.1. The Bertz CT molecular complexity index is 1000. The number of hydrogen-bond donors (Lipinski definition) is 3. The number of aromatic nitrogens is 2. The fraction of sp³-hybridized carbons (Fsp3) is 0.150. The van der Waals surface area contributed by atoms with Crippen LogP contribution in [0.25, 0.3) is 0 Å². The number of amides is 1. The van der Waals surface area contributed by atoms with Gasteiger partial charge in [0.15, 0.2) is 5.16 Å². The molecule has 1 aromatic heterocycles. The first kappa shape index (κ1) is 18.7. The maximum atomic E-state index is 12.4. The van der Waals surface area contributed by atoms with Crippen molar-refractivity contribution in [3.63, 3.8) is 0 Å². The third-order valence-electron chi connectivity index (χ3n) is 3.89. The largest absolute Gasteiger partial charge is 0.508 e. The number of aromatic amines is 1. The van der Waals surface area contributed by atoms with Gasteiger partial charge in [-0.25, -0.2) is 4.98 Å². The fourth-order valence-electron chi connectivity index (χ4n) is 2.58. The van der Waals surface area contributed by atoms with Gasteiger partial charge >= 0.3 is 0 Å². The van der Waals surface area contributed by atoms with E-state index in [1.807, 2.05) is 30.3 Å². The summed E-state index contributed by atoms with van der Waals surface area (Å²) in [5.74, 6) is -0.0777. The molecular weight excluding hydrogens is 362 g/mol. The van der Waals surface area contributed by atoms with Crippen LogP contribution < -0.4 is 10.9 Å². The van der Waals surface area contributed by atoms with Crippen LogP contribution in [-0.4, -0.2) is 26.7 Å². The van der Waals surface area contributed by atoms with E-state index in [0.717, 1.165) is 17.3 Å². The van der Waals surface area contributed by atoms with Crippen molar-refractivity contribution in [3.05, 3.63) is 81.8 Å². The summed E-state index contributed by atoms with van der Waals surface area (Å²) in [5, 5.41) is 12.5. The number of carbonyl (C=O) groups is 1. The van der Waals surface area contributed by atoms with Gasteiger partial charge in [0.2, 0.25) is 5.91 Å². The number of carbonyl (C=O) groups excluding carboxylic acids is 1. The molecule has 0 radical (unpaired) electrons. The third-order valence-corrected chi connectivity index (χ3v) is 4.77. The molecule has 1 amide bonds. The zero-order valence-corrected chi connectivity index (χ0v) is 15.5. The Morgan fingerprint density at radius 1 is 1.19 bits per heavy atom. The molecule has 27 heavy (non-hydrogen) atoms. The second-order valence-corrected chi connectivity index (χ2v) is 6.95. The van der Waals surface area contributed by atoms with Gasteiger partial charge in [-0.2, -0.15) is 0 Å². The third kappa shape index (κ3) is 5.21. The Morgan fingerprint density at radius 3 is 2.67 bits per heavy atom. The smallest absolute Gasteiger partial charge is 0.255 e. The molecule has 0 bridgehead atoms. The number of anilines is 1. The first-order chi connectivity index (χ1) is 13.0. The van der Waals surface area contributed by atoms with Crippen LogP contribution >= 0.6 is 11.8 Å². The van der Waals surface area contributed by atoms with Crippen molar-refractivity contribution < 1.29 is 9.90 Å². The Labute approximate surface area is 160 Å². The van der Waals surface area contributed by atoms with E-state index in [0.29, 0.717) is 28.5 Å². The summed E-state index contributed by atoms with van der Waals surface area (Å²) in [6.45, 7) is 1.80. The lowest BCUT2D eigenvalue weighted by Crippen LogP contribution is -2.19. The molecule has 0 saturated heterocycles. The van der Waals surface area contributed by atoms with Crippen molar-refractivity contribution in [2.24, 2.45) is 0 Å². The quantitative estimate of drug-likeness (QED) is 0.450. The van der Waals surface area contributed by atoms with Gasteiger partial charge in [0.25, 0.3) is 5.56 Å². The van der Waals surface area contributed by atoms with Crippen molar-refractivity contribution in [2.75, 3.05) is 11.1 Å². The number of thioether (sulfide) groups is 1. The van der Waals surface area contributed by atoms with Crippen LogP contribution in [0.15, 0.2) is 64.5 Å². The molecule has 6 nitrogen and oxygen atoms in total. The van der Waals surface area contributed by atoms with E-state index < -0.39 is 0 Å². The van der Waals surface area contributed by atoms with E-state index in [2.05, 4.69) is 15.3 Å². The van der Waals surface area contributed by atoms with E-state index in [1.54, 1.807) is 19.1 Å². The van der Waals surface area contributed by atoms with Gasteiger partial charge in [-0.15, -0.1) is 0 Å². The molecule has 7 heteroatoms. The van der Waals surface area contributed by atoms with Crippen molar-refractivity contribution in [1.82, 2.24) is 9.97 Å². The molecule has 0 aliphatic rings. The summed E-state index contributed by atoms with van der Waals surface area (Å²) in [7, 11) is 0. The minimum absolute atomic E-state index is 0.0797. The predicted octanol–water partition coefficient (Wildman–Crippen LogP) is 3.11. The molecule has 138 valence electrons. The number of phenols is 1. The van der Waals surface area contributed by atoms with Crippen LogP contribution in [0.4, 0.5) is 5.69 Å². The molecular formula is C20H19N3O3S. The molecule has 0 unspecified atom stereocenters. The molecule has 3 aromatic rings. The number of rotatable bonds is 6. The Morgan fingerprint density at radius 2 is 1.96 bits per heavy atom. The van der Waals surface area contributed by atoms with Crippen molar-refractivity contribution in [2.45, 2.75) is 18.5 Å². The van der Waals surface area contributed by atoms with Gasteiger partial charge < -0.3 is 15.4 Å². The van der Waals surface area contributed by atoms with Gasteiger partial charge in [0.05, 0.1) is 5.75 Å². The van der Waals surface area contributed by atoms with Crippen molar-refractivity contribution in [3.8, 4) is 5.75 Å². The zero-order valence-electron chi connectivity index (χ0n) is 14.7. The average molecular weight is 381 g/mol. The summed E-state index contributed by atoms with van der Waals surface area (Å²) < 4.78 is 0. The zero-order chi connectivity index (χ0) is 19.2. The summed E-state index contributed by atoms with van der Waals surface area (Å²) in [6.07, 6.45) is 0.512. The highest BCUT2D eigenvalue weighted by molar-refractivity contribution is 7.99. The number of phenolic OH excluding ortho intramolecular Hbond substituents is 1. The average Bonchev–Trinajstić information content (AvgIpc) is 2.64. The van der Waals surface area contributed by atoms with Gasteiger partial charge in [-0.05, 0) is 24.6 Å². The number of aryl methyl sites for hydroxylation is 1. The number of H-pyrrole nitrogens is 1. The summed E-state index contributed by atoms with van der Waals surface area (Å²) >= 11 is 1.15. The molecule has 3 rings (SSSR count). The fourth-order valence-corrected chi connectivity index (χ4v) is 3.28. The maximum absolute atomic E-state index is 12.4. The Balaban J connectivity index is 1.64. The first-order valence-electron chi connectivity index (χ1n) is 8.36. The van der Waals surface area contributed by atoms with Crippen molar-refractivity contribution >= 4 is 23.4 Å². The Hall–Kier alpha value is -3.06. The van der Waals surface area contributed by atoms with Crippen molar-refractivity contribution in [1.29, 1.82) is 0 Å². The summed E-state index contributed by atoms with van der Waals surface area (Å²) in [4.78, 5) is 31.6. The van der Waals surface area contributed by atoms with Gasteiger partial charge in [-0.3, -0.25) is 9.59 Å². The highest BCUT2D eigenvalue weighted by Gasteiger charge is 2.11. The minimum atomic E-state index is -0.251. The summed E-state index contributed by atoms with van der Waals surface area (Å²) in [6, 6.07) is 16.0. The van der Waals surface area contributed by atoms with Crippen LogP contribution in [0, 0.1) is 6.92 Å². The summed E-state index contributed by atoms with van der Waals surface area (Å²) in [5.41, 5.74) is 2.63. The van der Waals surface area contributed by atoms with E-state index >= 15 is 0 Å². The van der Waals surface area contributed by atoms with Gasteiger partial charge in [0.1, 0.15) is 5.75 Å². The maximum Gasteiger partial charge on any atom is 0.255 e. The Kier molecular flexibility index (Phi) is 5.93. The topological polar surface area (TPSA) is 95.1 Å². The molecule has 0 aliphatic carbocycles. The van der Waals surface area contributed by atoms with E-state index in [9.17, 15) is 14.7 Å². The van der Waals surface area contributed by atoms with Crippen LogP contribution in [0.5, 0.6) is 5.75 Å². The lowest BCUT2D eigenvalue weighted by Gasteiger charge is -2.08. The highest BCUT2D eigenvalue weighted by Crippen LogP contribution is 2.18. The number of hydrogen-bond acceptors (Lipinski definition) is 5. The molecule has 0 spiro atoms. The van der Waals surface area contributed by atoms with Crippen LogP contribution in [0.3, 0.4) is 0 Å². The van der Waals surface area contributed by atoms with Crippen LogP contribution in [0.1, 0.15) is 16.8 Å². The first-order valence-corrected chi connectivity index (χ1v) is 9.35. The highest BCUT2D eigenvalue weighted by atomic mass is 32.2. The number of nitrogens with zero attached hydrogens (tertiary/aromatic N) is 1. The van der Waals surface area contributed by atoms with E-state index in [-0.39, 0.29) is 23.0 Å². The standard InChI is InChI=1S/C20H19N3O3S/c1-13-17(10-14-6-3-2-4-7-14)19(26)23-20(21-13)27-12-18(25)22-15-8-5-9-16(24)11-15/h2-9,11,24H,10,12H2,1H3,(H,22,25)(H,21,23,26). The molecule has 0 aliphatic heterocycles. The minimum Gasteiger partial charge on any atom is -0.508 e. The van der Waals surface area contributed by atoms with Gasteiger partial charge in [-0.1, -0.05) is 48.2 Å². The van der Waals surface area contributed by atoms with E-state index in [1.165, 1.54) is 12.1 Å². The SMILES string of the molecule is Cc1nc(SCC(=O)Nc2cccc(O)c2)[nH]c(=O)c1Cc1ccccc1. The number of aromatic hydroxyl groups is 1. The van der Waals surface area contributed by atoms with Crippen LogP contribution in [-0.2, 0) is 11.2 Å². The van der Waals surface area contributed by atoms with Gasteiger partial charge in [0, 0.05) is 29.4 Å². The lowest BCUT2D eigenvalue weighted by molar-refractivity contribution is -0.113.